The Kier molecular flexibility index (Phi) is 33.6. The van der Waals surface area contributed by atoms with Gasteiger partial charge in [0.15, 0.2) is 0 Å². The summed E-state index contributed by atoms with van der Waals surface area (Å²) in [5, 5.41) is 34.1. The van der Waals surface area contributed by atoms with Gasteiger partial charge in [0.1, 0.15) is 13.2 Å². The molecule has 5 atom stereocenters. The van der Waals surface area contributed by atoms with Crippen molar-refractivity contribution in [2.24, 2.45) is 0 Å². The number of carbonyl (C=O) groups is 1. The number of phosphoric ester groups is 1. The number of quaternary nitrogens is 1. The van der Waals surface area contributed by atoms with Crippen LogP contribution < -0.4 is 10.2 Å². The van der Waals surface area contributed by atoms with Crippen LogP contribution in [0.4, 0.5) is 0 Å². The lowest BCUT2D eigenvalue weighted by molar-refractivity contribution is -0.870. The first-order valence-electron chi connectivity index (χ1n) is 21.2. The minimum Gasteiger partial charge on any atom is -0.756 e. The molecule has 4 N–H and O–H groups in total. The van der Waals surface area contributed by atoms with Gasteiger partial charge < -0.3 is 39.1 Å². The van der Waals surface area contributed by atoms with Crippen molar-refractivity contribution in [2.75, 3.05) is 40.9 Å². The topological polar surface area (TPSA) is 148 Å². The number of allylic oxidation sites excluding steroid dienone is 5. The molecule has 316 valence electrons. The molecule has 0 aliphatic rings. The number of aliphatic hydroxyl groups excluding tert-OH is 3. The monoisotopic (exact) mass is 785 g/mol. The van der Waals surface area contributed by atoms with Gasteiger partial charge in [0.25, 0.3) is 7.82 Å². The van der Waals surface area contributed by atoms with Crippen LogP contribution >= 0.6 is 7.82 Å². The van der Waals surface area contributed by atoms with Crippen LogP contribution in [0.25, 0.3) is 0 Å². The highest BCUT2D eigenvalue weighted by Gasteiger charge is 2.24. The Morgan fingerprint density at radius 3 is 1.81 bits per heavy atom. The quantitative estimate of drug-likeness (QED) is 0.0161. The number of hydrogen-bond acceptors (Lipinski definition) is 8. The highest BCUT2D eigenvalue weighted by atomic mass is 31.2. The van der Waals surface area contributed by atoms with E-state index in [1.54, 1.807) is 36.5 Å². The van der Waals surface area contributed by atoms with Gasteiger partial charge in [-0.15, -0.1) is 0 Å². The minimum absolute atomic E-state index is 0.0354. The van der Waals surface area contributed by atoms with E-state index in [1.807, 2.05) is 27.2 Å². The summed E-state index contributed by atoms with van der Waals surface area (Å²) in [5.74, 6) is -0.352. The molecule has 11 heteroatoms. The highest BCUT2D eigenvalue weighted by Crippen LogP contribution is 2.38. The zero-order chi connectivity index (χ0) is 40.3. The Morgan fingerprint density at radius 2 is 1.24 bits per heavy atom. The van der Waals surface area contributed by atoms with Gasteiger partial charge in [0.2, 0.25) is 5.91 Å². The lowest BCUT2D eigenvalue weighted by Gasteiger charge is -2.30. The van der Waals surface area contributed by atoms with Gasteiger partial charge in [0, 0.05) is 6.42 Å². The van der Waals surface area contributed by atoms with Crippen LogP contribution in [-0.2, 0) is 18.4 Å². The van der Waals surface area contributed by atoms with Crippen molar-refractivity contribution in [1.29, 1.82) is 0 Å². The molecule has 0 saturated carbocycles. The van der Waals surface area contributed by atoms with Crippen LogP contribution in [0.3, 0.4) is 0 Å². The van der Waals surface area contributed by atoms with E-state index in [9.17, 15) is 29.6 Å². The molecule has 0 fully saturated rings. The van der Waals surface area contributed by atoms with Crippen LogP contribution in [-0.4, -0.2) is 91.0 Å². The third-order valence-corrected chi connectivity index (χ3v) is 10.2. The summed E-state index contributed by atoms with van der Waals surface area (Å²) in [6.45, 7) is 4.43. The Hall–Kier alpha value is -1.62. The number of unbranched alkanes of at least 4 members (excludes halogenated alkanes) is 15. The van der Waals surface area contributed by atoms with Crippen molar-refractivity contribution >= 4 is 13.7 Å². The lowest BCUT2D eigenvalue weighted by Crippen LogP contribution is -2.46. The summed E-state index contributed by atoms with van der Waals surface area (Å²) < 4.78 is 23.1. The van der Waals surface area contributed by atoms with Crippen molar-refractivity contribution in [2.45, 2.75) is 179 Å². The van der Waals surface area contributed by atoms with Crippen molar-refractivity contribution < 1.29 is 43.1 Å². The third-order valence-electron chi connectivity index (χ3n) is 9.26. The normalized spacial score (nSPS) is 16.1. The van der Waals surface area contributed by atoms with Gasteiger partial charge in [-0.25, -0.2) is 0 Å². The Morgan fingerprint density at radius 1 is 0.704 bits per heavy atom. The van der Waals surface area contributed by atoms with Gasteiger partial charge >= 0.3 is 0 Å². The molecule has 0 aliphatic carbocycles. The molecule has 0 bridgehead atoms. The molecule has 10 nitrogen and oxygen atoms in total. The zero-order valence-corrected chi connectivity index (χ0v) is 35.8. The van der Waals surface area contributed by atoms with E-state index in [4.69, 9.17) is 9.05 Å². The standard InChI is InChI=1S/C43H81N2O8P/c1-6-8-10-12-14-15-16-17-18-19-20-22-28-34-42(48)41(38-53-54(50,51)52-37-36-45(3,4)5)44-43(49)35-29-33-40(47)32-27-24-23-26-31-39(46)30-25-21-13-11-9-7-2/h21,23-27,31-32,39-42,46-48H,6-20,22,28-30,33-38H2,1-5H3,(H-,44,49,50,51)/b24-23+,25-21-,31-26+,32-27-/t39-,40-,41-,42+/m0/s1. The molecule has 1 amide bonds. The fourth-order valence-electron chi connectivity index (χ4n) is 5.76. The SMILES string of the molecule is CCCCC/C=C\C[C@H](O)/C=C/C=C/C=C\[C@H](O)CCCC(=O)N[C@@H](COP(=O)([O-])OCC[N+](C)(C)C)[C@H](O)CCCCCCCCCCCCCCC. The number of rotatable bonds is 37. The van der Waals surface area contributed by atoms with E-state index >= 15 is 0 Å². The molecule has 0 aromatic carbocycles. The molecular formula is C43H81N2O8P. The summed E-state index contributed by atoms with van der Waals surface area (Å²) >= 11 is 0. The Balaban J connectivity index is 4.71. The summed E-state index contributed by atoms with van der Waals surface area (Å²) in [4.78, 5) is 25.3. The first-order valence-corrected chi connectivity index (χ1v) is 22.7. The number of phosphoric acid groups is 1. The smallest absolute Gasteiger partial charge is 0.268 e. The molecule has 0 aromatic heterocycles. The number of nitrogens with one attached hydrogen (secondary N) is 1. The summed E-state index contributed by atoms with van der Waals surface area (Å²) in [7, 11) is 1.14. The van der Waals surface area contributed by atoms with E-state index in [-0.39, 0.29) is 18.9 Å². The average Bonchev–Trinajstić information content (AvgIpc) is 3.10. The molecule has 54 heavy (non-hydrogen) atoms. The average molecular weight is 785 g/mol. The Bertz CT molecular complexity index is 1060. The fourth-order valence-corrected chi connectivity index (χ4v) is 6.48. The maximum atomic E-state index is 12.8. The largest absolute Gasteiger partial charge is 0.756 e. The molecule has 0 saturated heterocycles. The highest BCUT2D eigenvalue weighted by molar-refractivity contribution is 7.45. The maximum Gasteiger partial charge on any atom is 0.268 e. The molecule has 0 radical (unpaired) electrons. The van der Waals surface area contributed by atoms with E-state index < -0.39 is 38.8 Å². The zero-order valence-electron chi connectivity index (χ0n) is 34.9. The van der Waals surface area contributed by atoms with E-state index in [2.05, 4.69) is 25.2 Å². The predicted octanol–water partition coefficient (Wildman–Crippen LogP) is 8.61. The molecule has 0 heterocycles. The van der Waals surface area contributed by atoms with E-state index in [0.717, 1.165) is 32.1 Å². The summed E-state index contributed by atoms with van der Waals surface area (Å²) in [6, 6.07) is -0.914. The number of hydrogen-bond donors (Lipinski definition) is 4. The third kappa shape index (κ3) is 36.0. The van der Waals surface area contributed by atoms with Crippen molar-refractivity contribution in [3.8, 4) is 0 Å². The van der Waals surface area contributed by atoms with Crippen molar-refractivity contribution in [3.63, 3.8) is 0 Å². The van der Waals surface area contributed by atoms with Gasteiger partial charge in [-0.2, -0.15) is 0 Å². The van der Waals surface area contributed by atoms with Crippen LogP contribution in [0.2, 0.25) is 0 Å². The second-order valence-electron chi connectivity index (χ2n) is 15.7. The second-order valence-corrected chi connectivity index (χ2v) is 17.2. The van der Waals surface area contributed by atoms with Crippen molar-refractivity contribution in [1.82, 2.24) is 5.32 Å². The first-order chi connectivity index (χ1) is 25.8. The van der Waals surface area contributed by atoms with Crippen LogP contribution in [0, 0.1) is 0 Å². The van der Waals surface area contributed by atoms with Gasteiger partial charge in [-0.1, -0.05) is 159 Å². The van der Waals surface area contributed by atoms with Crippen molar-refractivity contribution in [3.05, 3.63) is 48.6 Å². The molecule has 0 spiro atoms. The van der Waals surface area contributed by atoms with E-state index in [0.29, 0.717) is 36.7 Å². The first kappa shape index (κ1) is 52.4. The number of nitrogens with zero attached hydrogens (tertiary/aromatic N) is 1. The number of amides is 1. The summed E-state index contributed by atoms with van der Waals surface area (Å²) in [6.07, 6.45) is 34.5. The Labute approximate surface area is 330 Å². The molecule has 0 aromatic rings. The van der Waals surface area contributed by atoms with Crippen LogP contribution in [0.5, 0.6) is 0 Å². The van der Waals surface area contributed by atoms with Gasteiger partial charge in [-0.05, 0) is 38.5 Å². The lowest BCUT2D eigenvalue weighted by atomic mass is 10.0. The molecule has 1 unspecified atom stereocenters. The molecule has 0 rings (SSSR count). The summed E-state index contributed by atoms with van der Waals surface area (Å²) in [5.41, 5.74) is 0. The predicted molar refractivity (Wildman–Crippen MR) is 222 cm³/mol. The molecule has 0 aliphatic heterocycles. The minimum atomic E-state index is -4.63. The van der Waals surface area contributed by atoms with E-state index in [1.165, 1.54) is 77.0 Å². The molecular weight excluding hydrogens is 703 g/mol. The number of carbonyl (C=O) groups excluding carboxylic acids is 1. The van der Waals surface area contributed by atoms with Crippen LogP contribution in [0.15, 0.2) is 48.6 Å². The van der Waals surface area contributed by atoms with Gasteiger partial charge in [-0.3, -0.25) is 9.36 Å². The number of likely N-dealkylation sites (N-methyl/N-ethyl adjacent to an activating group) is 1. The number of aliphatic hydroxyl groups is 3. The fraction of sp³-hybridized carbons (Fsp3) is 0.791. The van der Waals surface area contributed by atoms with Crippen LogP contribution in [0.1, 0.15) is 155 Å². The maximum absolute atomic E-state index is 12.8. The second kappa shape index (κ2) is 34.6. The van der Waals surface area contributed by atoms with Gasteiger partial charge in [0.05, 0.1) is 52.1 Å².